The molecule has 108 valence electrons. The second-order valence-electron chi connectivity index (χ2n) is 4.41. The van der Waals surface area contributed by atoms with Crippen LogP contribution in [-0.2, 0) is 14.8 Å². The highest BCUT2D eigenvalue weighted by atomic mass is 32.2. The number of piperidine rings is 1. The standard InChI is InChI=1S/C12H14N2O5S/c15-11-9(5-3-7-13-11)14-20(18,19)10-6-2-1-4-8(10)12(16)17/h1-2,4,6,9,14H,3,5,7H2,(H,13,15)(H,16,17)/t9-/m1/s1. The highest BCUT2D eigenvalue weighted by Crippen LogP contribution is 2.17. The van der Waals surface area contributed by atoms with Crippen molar-refractivity contribution in [2.75, 3.05) is 6.54 Å². The molecule has 0 aliphatic carbocycles. The van der Waals surface area contributed by atoms with E-state index in [0.717, 1.165) is 0 Å². The third-order valence-corrected chi connectivity index (χ3v) is 4.52. The van der Waals surface area contributed by atoms with Gasteiger partial charge in [-0.05, 0) is 25.0 Å². The molecule has 1 fully saturated rings. The van der Waals surface area contributed by atoms with Crippen LogP contribution in [-0.4, -0.2) is 38.0 Å². The first-order valence-electron chi connectivity index (χ1n) is 6.04. The Labute approximate surface area is 116 Å². The summed E-state index contributed by atoms with van der Waals surface area (Å²) in [6.07, 6.45) is 1.06. The molecule has 0 aromatic heterocycles. The Hall–Kier alpha value is -1.93. The molecule has 1 aliphatic rings. The van der Waals surface area contributed by atoms with Crippen LogP contribution in [0.2, 0.25) is 0 Å². The van der Waals surface area contributed by atoms with Gasteiger partial charge in [-0.15, -0.1) is 0 Å². The van der Waals surface area contributed by atoms with Crippen molar-refractivity contribution in [2.24, 2.45) is 0 Å². The molecule has 8 heteroatoms. The van der Waals surface area contributed by atoms with Crippen molar-refractivity contribution in [2.45, 2.75) is 23.8 Å². The first-order valence-corrected chi connectivity index (χ1v) is 7.52. The number of carbonyl (C=O) groups is 2. The fourth-order valence-electron chi connectivity index (χ4n) is 2.01. The molecule has 0 spiro atoms. The molecule has 1 aliphatic heterocycles. The highest BCUT2D eigenvalue weighted by molar-refractivity contribution is 7.89. The maximum Gasteiger partial charge on any atom is 0.337 e. The number of nitrogens with one attached hydrogen (secondary N) is 2. The zero-order chi connectivity index (χ0) is 14.8. The molecular weight excluding hydrogens is 284 g/mol. The summed E-state index contributed by atoms with van der Waals surface area (Å²) in [6, 6.07) is 4.41. The van der Waals surface area contributed by atoms with Crippen molar-refractivity contribution < 1.29 is 23.1 Å². The first-order chi connectivity index (χ1) is 9.42. The van der Waals surface area contributed by atoms with Gasteiger partial charge in [-0.2, -0.15) is 4.72 Å². The highest BCUT2D eigenvalue weighted by Gasteiger charge is 2.29. The Morgan fingerprint density at radius 2 is 2.05 bits per heavy atom. The van der Waals surface area contributed by atoms with Gasteiger partial charge >= 0.3 is 5.97 Å². The number of rotatable bonds is 4. The van der Waals surface area contributed by atoms with Crippen molar-refractivity contribution in [3.8, 4) is 0 Å². The van der Waals surface area contributed by atoms with Crippen LogP contribution >= 0.6 is 0 Å². The number of aromatic carboxylic acids is 1. The number of benzene rings is 1. The first kappa shape index (κ1) is 14.5. The summed E-state index contributed by atoms with van der Waals surface area (Å²) in [7, 11) is -4.06. The Balaban J connectivity index is 2.31. The molecule has 1 amide bonds. The van der Waals surface area contributed by atoms with Gasteiger partial charge in [-0.1, -0.05) is 12.1 Å². The number of carbonyl (C=O) groups excluding carboxylic acids is 1. The lowest BCUT2D eigenvalue weighted by molar-refractivity contribution is -0.124. The monoisotopic (exact) mass is 298 g/mol. The van der Waals surface area contributed by atoms with Gasteiger partial charge in [0.15, 0.2) is 0 Å². The minimum Gasteiger partial charge on any atom is -0.478 e. The van der Waals surface area contributed by atoms with E-state index in [9.17, 15) is 18.0 Å². The van der Waals surface area contributed by atoms with E-state index in [1.165, 1.54) is 24.3 Å². The van der Waals surface area contributed by atoms with E-state index in [2.05, 4.69) is 10.0 Å². The number of hydrogen-bond acceptors (Lipinski definition) is 4. The van der Waals surface area contributed by atoms with E-state index in [1.807, 2.05) is 0 Å². The molecule has 1 heterocycles. The van der Waals surface area contributed by atoms with Crippen LogP contribution in [0, 0.1) is 0 Å². The van der Waals surface area contributed by atoms with E-state index in [-0.39, 0.29) is 10.5 Å². The predicted molar refractivity (Wildman–Crippen MR) is 69.8 cm³/mol. The summed E-state index contributed by atoms with van der Waals surface area (Å²) in [5, 5.41) is 11.6. The zero-order valence-electron chi connectivity index (χ0n) is 10.5. The molecule has 0 bridgehead atoms. The number of amides is 1. The lowest BCUT2D eigenvalue weighted by Crippen LogP contribution is -2.50. The fourth-order valence-corrected chi connectivity index (χ4v) is 3.44. The smallest absolute Gasteiger partial charge is 0.337 e. The summed E-state index contributed by atoms with van der Waals surface area (Å²) in [4.78, 5) is 22.3. The molecular formula is C12H14N2O5S. The second-order valence-corrected chi connectivity index (χ2v) is 6.09. The molecule has 3 N–H and O–H groups in total. The summed E-state index contributed by atoms with van der Waals surface area (Å²) >= 11 is 0. The summed E-state index contributed by atoms with van der Waals surface area (Å²) < 4.78 is 26.7. The topological polar surface area (TPSA) is 113 Å². The molecule has 2 rings (SSSR count). The van der Waals surface area contributed by atoms with Gasteiger partial charge in [0.1, 0.15) is 6.04 Å². The van der Waals surface area contributed by atoms with Gasteiger partial charge in [-0.25, -0.2) is 13.2 Å². The molecule has 1 saturated heterocycles. The lowest BCUT2D eigenvalue weighted by atomic mass is 10.1. The molecule has 1 atom stereocenters. The van der Waals surface area contributed by atoms with Crippen LogP contribution in [0.3, 0.4) is 0 Å². The second kappa shape index (κ2) is 5.59. The largest absolute Gasteiger partial charge is 0.478 e. The predicted octanol–water partition coefficient (Wildman–Crippen LogP) is -0.0583. The van der Waals surface area contributed by atoms with Crippen molar-refractivity contribution in [1.82, 2.24) is 10.0 Å². The van der Waals surface area contributed by atoms with Crippen LogP contribution in [0.4, 0.5) is 0 Å². The maximum atomic E-state index is 12.2. The van der Waals surface area contributed by atoms with Gasteiger partial charge in [0.25, 0.3) is 0 Å². The third kappa shape index (κ3) is 2.97. The van der Waals surface area contributed by atoms with E-state index in [1.54, 1.807) is 0 Å². The summed E-state index contributed by atoms with van der Waals surface area (Å²) in [6.45, 7) is 0.517. The lowest BCUT2D eigenvalue weighted by Gasteiger charge is -2.22. The SMILES string of the molecule is O=C(O)c1ccccc1S(=O)(=O)N[C@@H]1CCCNC1=O. The molecule has 0 saturated carbocycles. The van der Waals surface area contributed by atoms with Gasteiger partial charge in [0.05, 0.1) is 10.5 Å². The number of carboxylic acids is 1. The third-order valence-electron chi connectivity index (χ3n) is 2.99. The van der Waals surface area contributed by atoms with Crippen molar-refractivity contribution in [1.29, 1.82) is 0 Å². The summed E-state index contributed by atoms with van der Waals surface area (Å²) in [5.74, 6) is -1.73. The minimum atomic E-state index is -4.06. The average Bonchev–Trinajstić information content (AvgIpc) is 2.41. The molecule has 0 unspecified atom stereocenters. The van der Waals surface area contributed by atoms with Crippen LogP contribution in [0.15, 0.2) is 29.2 Å². The van der Waals surface area contributed by atoms with E-state index >= 15 is 0 Å². The van der Waals surface area contributed by atoms with Crippen molar-refractivity contribution >= 4 is 21.9 Å². The molecule has 0 radical (unpaired) electrons. The fraction of sp³-hybridized carbons (Fsp3) is 0.333. The number of sulfonamides is 1. The average molecular weight is 298 g/mol. The molecule has 7 nitrogen and oxygen atoms in total. The van der Waals surface area contributed by atoms with Gasteiger partial charge in [0, 0.05) is 6.54 Å². The Morgan fingerprint density at radius 3 is 2.70 bits per heavy atom. The Kier molecular flexibility index (Phi) is 4.05. The quantitative estimate of drug-likeness (QED) is 0.721. The Morgan fingerprint density at radius 1 is 1.35 bits per heavy atom. The van der Waals surface area contributed by atoms with Crippen molar-refractivity contribution in [3.63, 3.8) is 0 Å². The number of carboxylic acid groups (broad SMARTS) is 1. The van der Waals surface area contributed by atoms with Crippen LogP contribution in [0.5, 0.6) is 0 Å². The van der Waals surface area contributed by atoms with Crippen molar-refractivity contribution in [3.05, 3.63) is 29.8 Å². The zero-order valence-corrected chi connectivity index (χ0v) is 11.3. The molecule has 1 aromatic carbocycles. The maximum absolute atomic E-state index is 12.2. The van der Waals surface area contributed by atoms with Gasteiger partial charge in [-0.3, -0.25) is 4.79 Å². The normalized spacial score (nSPS) is 19.4. The van der Waals surface area contributed by atoms with Crippen LogP contribution < -0.4 is 10.0 Å². The molecule has 1 aromatic rings. The van der Waals surface area contributed by atoms with Gasteiger partial charge < -0.3 is 10.4 Å². The minimum absolute atomic E-state index is 0.323. The Bertz CT molecular complexity index is 641. The molecule has 20 heavy (non-hydrogen) atoms. The number of hydrogen-bond donors (Lipinski definition) is 3. The van der Waals surface area contributed by atoms with Crippen LogP contribution in [0.1, 0.15) is 23.2 Å². The van der Waals surface area contributed by atoms with Gasteiger partial charge in [0.2, 0.25) is 15.9 Å². The summed E-state index contributed by atoms with van der Waals surface area (Å²) in [5.41, 5.74) is -0.323. The van der Waals surface area contributed by atoms with E-state index < -0.39 is 27.9 Å². The van der Waals surface area contributed by atoms with Crippen LogP contribution in [0.25, 0.3) is 0 Å². The van der Waals surface area contributed by atoms with E-state index in [0.29, 0.717) is 19.4 Å². The van der Waals surface area contributed by atoms with E-state index in [4.69, 9.17) is 5.11 Å².